The molecule has 0 saturated heterocycles. The van der Waals surface area contributed by atoms with E-state index in [2.05, 4.69) is 20.6 Å². The van der Waals surface area contributed by atoms with Gasteiger partial charge in [-0.05, 0) is 24.6 Å². The van der Waals surface area contributed by atoms with Crippen LogP contribution >= 0.6 is 11.6 Å². The van der Waals surface area contributed by atoms with Crippen LogP contribution in [0, 0.1) is 0 Å². The van der Waals surface area contributed by atoms with Crippen molar-refractivity contribution in [3.63, 3.8) is 0 Å². The van der Waals surface area contributed by atoms with Gasteiger partial charge >= 0.3 is 6.18 Å². The van der Waals surface area contributed by atoms with Crippen LogP contribution in [-0.2, 0) is 12.7 Å². The van der Waals surface area contributed by atoms with Crippen LogP contribution in [0.4, 0.5) is 13.2 Å². The summed E-state index contributed by atoms with van der Waals surface area (Å²) in [5, 5.41) is 5.97. The predicted octanol–water partition coefficient (Wildman–Crippen LogP) is 3.48. The number of nitrogens with zero attached hydrogens (tertiary/aromatic N) is 2. The molecule has 142 valence electrons. The zero-order valence-corrected chi connectivity index (χ0v) is 14.7. The van der Waals surface area contributed by atoms with Gasteiger partial charge in [0.2, 0.25) is 5.88 Å². The van der Waals surface area contributed by atoms with Crippen molar-refractivity contribution in [1.29, 1.82) is 0 Å². The lowest BCUT2D eigenvalue weighted by molar-refractivity contribution is -0.137. The molecule has 0 aromatic carbocycles. The fourth-order valence-corrected chi connectivity index (χ4v) is 2.16. The third kappa shape index (κ3) is 6.14. The Bertz CT molecular complexity index is 721. The SMILES string of the molecule is CN=C(NCCCOc1ncc(C(F)(F)F)cc1Cl)NCc1ccco1. The lowest BCUT2D eigenvalue weighted by Crippen LogP contribution is -2.37. The minimum Gasteiger partial charge on any atom is -0.477 e. The van der Waals surface area contributed by atoms with E-state index in [4.69, 9.17) is 20.8 Å². The van der Waals surface area contributed by atoms with E-state index in [1.54, 1.807) is 19.4 Å². The van der Waals surface area contributed by atoms with Crippen LogP contribution in [-0.4, -0.2) is 31.1 Å². The van der Waals surface area contributed by atoms with Crippen molar-refractivity contribution in [2.75, 3.05) is 20.2 Å². The molecule has 0 atom stereocenters. The van der Waals surface area contributed by atoms with Gasteiger partial charge in [0, 0.05) is 19.8 Å². The number of aromatic nitrogens is 1. The average Bonchev–Trinajstić information content (AvgIpc) is 3.11. The predicted molar refractivity (Wildman–Crippen MR) is 91.3 cm³/mol. The minimum atomic E-state index is -4.49. The third-order valence-corrected chi connectivity index (χ3v) is 3.49. The van der Waals surface area contributed by atoms with E-state index in [0.29, 0.717) is 31.7 Å². The van der Waals surface area contributed by atoms with E-state index in [1.807, 2.05) is 6.07 Å². The molecule has 10 heteroatoms. The van der Waals surface area contributed by atoms with Crippen LogP contribution in [0.5, 0.6) is 5.88 Å². The zero-order chi connectivity index (χ0) is 19.0. The molecule has 2 N–H and O–H groups in total. The smallest absolute Gasteiger partial charge is 0.417 e. The summed E-state index contributed by atoms with van der Waals surface area (Å²) in [6, 6.07) is 4.43. The van der Waals surface area contributed by atoms with Crippen LogP contribution in [0.25, 0.3) is 0 Å². The quantitative estimate of drug-likeness (QED) is 0.430. The third-order valence-electron chi connectivity index (χ3n) is 3.22. The first-order valence-corrected chi connectivity index (χ1v) is 8.10. The lowest BCUT2D eigenvalue weighted by Gasteiger charge is -2.12. The van der Waals surface area contributed by atoms with E-state index in [0.717, 1.165) is 11.8 Å². The highest BCUT2D eigenvalue weighted by Gasteiger charge is 2.31. The Balaban J connectivity index is 1.69. The molecule has 6 nitrogen and oxygen atoms in total. The Kier molecular flexibility index (Phi) is 7.14. The number of pyridine rings is 1. The highest BCUT2D eigenvalue weighted by Crippen LogP contribution is 2.33. The zero-order valence-electron chi connectivity index (χ0n) is 13.9. The summed E-state index contributed by atoms with van der Waals surface area (Å²) in [5.74, 6) is 1.34. The first-order chi connectivity index (χ1) is 12.4. The Morgan fingerprint density at radius 2 is 2.19 bits per heavy atom. The summed E-state index contributed by atoms with van der Waals surface area (Å²) in [6.45, 7) is 1.27. The van der Waals surface area contributed by atoms with E-state index in [1.165, 1.54) is 0 Å². The fraction of sp³-hybridized carbons (Fsp3) is 0.375. The van der Waals surface area contributed by atoms with Crippen molar-refractivity contribution < 1.29 is 22.3 Å². The summed E-state index contributed by atoms with van der Waals surface area (Å²) in [4.78, 5) is 7.67. The van der Waals surface area contributed by atoms with E-state index in [-0.39, 0.29) is 17.5 Å². The first kappa shape index (κ1) is 19.9. The number of rotatable bonds is 7. The molecule has 2 rings (SSSR count). The van der Waals surface area contributed by atoms with E-state index < -0.39 is 11.7 Å². The molecule has 0 fully saturated rings. The Morgan fingerprint density at radius 1 is 1.38 bits per heavy atom. The molecule has 0 amide bonds. The summed E-state index contributed by atoms with van der Waals surface area (Å²) in [7, 11) is 1.64. The normalized spacial score (nSPS) is 12.1. The van der Waals surface area contributed by atoms with E-state index in [9.17, 15) is 13.2 Å². The number of aliphatic imine (C=N–C) groups is 1. The van der Waals surface area contributed by atoms with Crippen molar-refractivity contribution in [3.05, 3.63) is 47.0 Å². The molecule has 0 unspecified atom stereocenters. The largest absolute Gasteiger partial charge is 0.477 e. The second kappa shape index (κ2) is 9.33. The fourth-order valence-electron chi connectivity index (χ4n) is 1.94. The molecule has 2 heterocycles. The highest BCUT2D eigenvalue weighted by molar-refractivity contribution is 6.31. The molecule has 0 aliphatic carbocycles. The summed E-state index contributed by atoms with van der Waals surface area (Å²) in [5.41, 5.74) is -0.914. The number of guanidine groups is 1. The molecule has 0 saturated carbocycles. The number of furan rings is 1. The van der Waals surface area contributed by atoms with Crippen molar-refractivity contribution in [2.24, 2.45) is 4.99 Å². The molecule has 2 aromatic heterocycles. The van der Waals surface area contributed by atoms with Crippen LogP contribution in [0.15, 0.2) is 40.1 Å². The first-order valence-electron chi connectivity index (χ1n) is 7.72. The molecule has 0 aliphatic heterocycles. The molecule has 0 spiro atoms. The van der Waals surface area contributed by atoms with Crippen molar-refractivity contribution in [2.45, 2.75) is 19.1 Å². The van der Waals surface area contributed by atoms with Gasteiger partial charge in [-0.2, -0.15) is 13.2 Å². The minimum absolute atomic E-state index is 0.0278. The van der Waals surface area contributed by atoms with E-state index >= 15 is 0 Å². The van der Waals surface area contributed by atoms with Crippen LogP contribution < -0.4 is 15.4 Å². The monoisotopic (exact) mass is 390 g/mol. The topological polar surface area (TPSA) is 71.7 Å². The van der Waals surface area contributed by atoms with Crippen LogP contribution in [0.3, 0.4) is 0 Å². The lowest BCUT2D eigenvalue weighted by atomic mass is 10.3. The second-order valence-electron chi connectivity index (χ2n) is 5.14. The number of hydrogen-bond acceptors (Lipinski definition) is 4. The number of hydrogen-bond donors (Lipinski definition) is 2. The highest BCUT2D eigenvalue weighted by atomic mass is 35.5. The van der Waals surface area contributed by atoms with Gasteiger partial charge < -0.3 is 19.8 Å². The number of halogens is 4. The van der Waals surface area contributed by atoms with Gasteiger partial charge in [0.15, 0.2) is 5.96 Å². The molecular formula is C16H18ClF3N4O2. The molecule has 0 radical (unpaired) electrons. The summed E-state index contributed by atoms with van der Waals surface area (Å²) < 4.78 is 48.1. The Morgan fingerprint density at radius 3 is 2.81 bits per heavy atom. The molecule has 2 aromatic rings. The van der Waals surface area contributed by atoms with Gasteiger partial charge in [-0.1, -0.05) is 11.6 Å². The van der Waals surface area contributed by atoms with Gasteiger partial charge in [-0.25, -0.2) is 4.98 Å². The van der Waals surface area contributed by atoms with Crippen molar-refractivity contribution in [1.82, 2.24) is 15.6 Å². The van der Waals surface area contributed by atoms with Gasteiger partial charge in [0.1, 0.15) is 10.8 Å². The maximum Gasteiger partial charge on any atom is 0.417 e. The van der Waals surface area contributed by atoms with Crippen molar-refractivity contribution >= 4 is 17.6 Å². The van der Waals surface area contributed by atoms with Crippen LogP contribution in [0.1, 0.15) is 17.7 Å². The van der Waals surface area contributed by atoms with Gasteiger partial charge in [-0.15, -0.1) is 0 Å². The molecule has 0 aliphatic rings. The molecule has 26 heavy (non-hydrogen) atoms. The molecular weight excluding hydrogens is 373 g/mol. The maximum atomic E-state index is 12.5. The number of ether oxygens (including phenoxy) is 1. The van der Waals surface area contributed by atoms with Gasteiger partial charge in [-0.3, -0.25) is 4.99 Å². The van der Waals surface area contributed by atoms with Crippen molar-refractivity contribution in [3.8, 4) is 5.88 Å². The summed E-state index contributed by atoms with van der Waals surface area (Å²) >= 11 is 5.77. The summed E-state index contributed by atoms with van der Waals surface area (Å²) in [6.07, 6.45) is -1.64. The second-order valence-corrected chi connectivity index (χ2v) is 5.55. The van der Waals surface area contributed by atoms with Crippen LogP contribution in [0.2, 0.25) is 5.02 Å². The Hall–Kier alpha value is -2.42. The number of nitrogens with one attached hydrogen (secondary N) is 2. The van der Waals surface area contributed by atoms with Gasteiger partial charge in [0.05, 0.1) is 25.0 Å². The number of alkyl halides is 3. The Labute approximate surface area is 153 Å². The standard InChI is InChI=1S/C16H18ClF3N4O2/c1-21-15(24-10-12-4-2-6-25-12)22-5-3-7-26-14-13(17)8-11(9-23-14)16(18,19)20/h2,4,6,8-9H,3,5,7,10H2,1H3,(H2,21,22,24). The van der Waals surface area contributed by atoms with Gasteiger partial charge in [0.25, 0.3) is 0 Å². The maximum absolute atomic E-state index is 12.5. The molecule has 0 bridgehead atoms. The average molecular weight is 391 g/mol.